The molecule has 1 atom stereocenters. The van der Waals surface area contributed by atoms with Crippen LogP contribution in [0.3, 0.4) is 0 Å². The maximum Gasteiger partial charge on any atom is 0.167 e. The van der Waals surface area contributed by atoms with Crippen molar-refractivity contribution in [1.29, 1.82) is 0 Å². The van der Waals surface area contributed by atoms with E-state index in [0.29, 0.717) is 11.5 Å². The first-order valence-electron chi connectivity index (χ1n) is 10.4. The highest BCUT2D eigenvalue weighted by atomic mass is 35.5. The van der Waals surface area contributed by atoms with E-state index in [9.17, 15) is 9.90 Å². The predicted octanol–water partition coefficient (Wildman–Crippen LogP) is 4.25. The highest BCUT2D eigenvalue weighted by Crippen LogP contribution is 2.36. The maximum absolute atomic E-state index is 12.9. The minimum atomic E-state index is -0.175. The highest BCUT2D eigenvalue weighted by molar-refractivity contribution is 6.30. The summed E-state index contributed by atoms with van der Waals surface area (Å²) in [5.41, 5.74) is 1.83. The van der Waals surface area contributed by atoms with Crippen molar-refractivity contribution in [2.24, 2.45) is 5.92 Å². The lowest BCUT2D eigenvalue weighted by Crippen LogP contribution is -2.41. The van der Waals surface area contributed by atoms with E-state index in [1.807, 2.05) is 42.5 Å². The first-order valence-corrected chi connectivity index (χ1v) is 10.8. The Morgan fingerprint density at radius 1 is 1.03 bits per heavy atom. The van der Waals surface area contributed by atoms with E-state index in [-0.39, 0.29) is 17.8 Å². The predicted molar refractivity (Wildman–Crippen MR) is 119 cm³/mol. The van der Waals surface area contributed by atoms with Gasteiger partial charge in [-0.15, -0.1) is 0 Å². The minimum Gasteiger partial charge on any atom is -0.493 e. The molecule has 2 aromatic rings. The molecule has 30 heavy (non-hydrogen) atoms. The van der Waals surface area contributed by atoms with Gasteiger partial charge in [0.2, 0.25) is 0 Å². The molecule has 0 spiro atoms. The van der Waals surface area contributed by atoms with Crippen LogP contribution in [0.5, 0.6) is 11.5 Å². The number of hydrogen-bond acceptors (Lipinski definition) is 5. The summed E-state index contributed by atoms with van der Waals surface area (Å²) in [6, 6.07) is 13.2. The van der Waals surface area contributed by atoms with E-state index in [1.165, 1.54) is 0 Å². The molecule has 2 aromatic carbocycles. The summed E-state index contributed by atoms with van der Waals surface area (Å²) in [6.07, 6.45) is 3.21. The van der Waals surface area contributed by atoms with Crippen molar-refractivity contribution in [3.05, 3.63) is 58.6 Å². The molecule has 6 heteroatoms. The molecule has 1 fully saturated rings. The van der Waals surface area contributed by atoms with Crippen LogP contribution in [0.4, 0.5) is 0 Å². The third-order valence-corrected chi connectivity index (χ3v) is 6.03. The zero-order valence-corrected chi connectivity index (χ0v) is 18.4. The van der Waals surface area contributed by atoms with Crippen LogP contribution in [-0.2, 0) is 6.42 Å². The number of carbonyl (C=O) groups is 1. The summed E-state index contributed by atoms with van der Waals surface area (Å²) in [5, 5.41) is 10.4. The highest BCUT2D eigenvalue weighted by Gasteiger charge is 2.31. The number of likely N-dealkylation sites (tertiary alicyclic amines) is 1. The van der Waals surface area contributed by atoms with Gasteiger partial charge in [0.25, 0.3) is 0 Å². The lowest BCUT2D eigenvalue weighted by molar-refractivity contribution is 0.0659. The Morgan fingerprint density at radius 2 is 1.67 bits per heavy atom. The average Bonchev–Trinajstić information content (AvgIpc) is 2.77. The van der Waals surface area contributed by atoms with Crippen LogP contribution in [-0.4, -0.2) is 55.7 Å². The monoisotopic (exact) mass is 431 g/mol. The molecule has 0 radical (unpaired) electrons. The van der Waals surface area contributed by atoms with Crippen LogP contribution in [0.15, 0.2) is 42.5 Å². The van der Waals surface area contributed by atoms with Crippen molar-refractivity contribution in [1.82, 2.24) is 4.90 Å². The Bertz CT molecular complexity index is 835. The smallest absolute Gasteiger partial charge is 0.167 e. The van der Waals surface area contributed by atoms with Gasteiger partial charge in [0, 0.05) is 36.1 Å². The number of piperidine rings is 1. The van der Waals surface area contributed by atoms with Gasteiger partial charge in [-0.25, -0.2) is 0 Å². The van der Waals surface area contributed by atoms with Gasteiger partial charge in [-0.05, 0) is 55.5 Å². The van der Waals surface area contributed by atoms with Crippen LogP contribution >= 0.6 is 11.6 Å². The van der Waals surface area contributed by atoms with Gasteiger partial charge < -0.3 is 19.5 Å². The SMILES string of the molecule is COc1cc2c(cc1OC)C(=O)C(CN1CCC(O)CC1)CC2.Clc1ccccc1. The number of halogens is 1. The zero-order chi connectivity index (χ0) is 21.5. The standard InChI is InChI=1S/C18H25NO4.C6H5Cl/c1-22-16-9-12-3-4-13(11-19-7-5-14(20)6-8-19)18(21)15(12)10-17(16)23-2;7-6-4-2-1-3-5-6/h9-10,13-14,20H,3-8,11H2,1-2H3;1-5H. The maximum atomic E-state index is 12.9. The van der Waals surface area contributed by atoms with E-state index in [2.05, 4.69) is 4.90 Å². The number of rotatable bonds is 4. The summed E-state index contributed by atoms with van der Waals surface area (Å²) >= 11 is 5.54. The van der Waals surface area contributed by atoms with Gasteiger partial charge in [-0.1, -0.05) is 29.8 Å². The first-order chi connectivity index (χ1) is 14.5. The largest absolute Gasteiger partial charge is 0.493 e. The van der Waals surface area contributed by atoms with Gasteiger partial charge >= 0.3 is 0 Å². The summed E-state index contributed by atoms with van der Waals surface area (Å²) in [7, 11) is 3.20. The van der Waals surface area contributed by atoms with Gasteiger partial charge in [0.15, 0.2) is 17.3 Å². The fraction of sp³-hybridized carbons (Fsp3) is 0.458. The second-order valence-corrected chi connectivity index (χ2v) is 8.23. The molecule has 0 aromatic heterocycles. The van der Waals surface area contributed by atoms with Crippen LogP contribution in [0.25, 0.3) is 0 Å². The molecular formula is C24H30ClNO4. The molecule has 1 N–H and O–H groups in total. The van der Waals surface area contributed by atoms with Crippen molar-refractivity contribution in [2.75, 3.05) is 33.9 Å². The summed E-state index contributed by atoms with van der Waals surface area (Å²) in [6.45, 7) is 2.55. The summed E-state index contributed by atoms with van der Waals surface area (Å²) in [5.74, 6) is 1.54. The fourth-order valence-corrected chi connectivity index (χ4v) is 4.19. The molecule has 1 aliphatic carbocycles. The number of ether oxygens (including phenoxy) is 2. The van der Waals surface area contributed by atoms with Crippen molar-refractivity contribution >= 4 is 17.4 Å². The molecular weight excluding hydrogens is 402 g/mol. The molecule has 0 bridgehead atoms. The Kier molecular flexibility index (Phi) is 8.14. The number of Topliss-reactive ketones (excluding diaryl/α,β-unsaturated/α-hetero) is 1. The third kappa shape index (κ3) is 5.75. The van der Waals surface area contributed by atoms with E-state index < -0.39 is 0 Å². The average molecular weight is 432 g/mol. The van der Waals surface area contributed by atoms with Crippen molar-refractivity contribution in [3.63, 3.8) is 0 Å². The topological polar surface area (TPSA) is 59.0 Å². The number of carbonyl (C=O) groups excluding carboxylic acids is 1. The Balaban J connectivity index is 0.000000310. The van der Waals surface area contributed by atoms with Crippen molar-refractivity contribution < 1.29 is 19.4 Å². The summed E-state index contributed by atoms with van der Waals surface area (Å²) in [4.78, 5) is 15.2. The number of aryl methyl sites for hydroxylation is 1. The van der Waals surface area contributed by atoms with E-state index in [4.69, 9.17) is 21.1 Å². The van der Waals surface area contributed by atoms with Gasteiger partial charge in [-0.3, -0.25) is 4.79 Å². The fourth-order valence-electron chi connectivity index (χ4n) is 4.04. The second kappa shape index (κ2) is 10.8. The van der Waals surface area contributed by atoms with Crippen LogP contribution < -0.4 is 9.47 Å². The molecule has 1 saturated heterocycles. The van der Waals surface area contributed by atoms with E-state index in [0.717, 1.165) is 61.5 Å². The molecule has 0 amide bonds. The quantitative estimate of drug-likeness (QED) is 0.784. The number of ketones is 1. The molecule has 1 heterocycles. The van der Waals surface area contributed by atoms with E-state index in [1.54, 1.807) is 14.2 Å². The van der Waals surface area contributed by atoms with Crippen molar-refractivity contribution in [3.8, 4) is 11.5 Å². The first kappa shape index (κ1) is 22.6. The lowest BCUT2D eigenvalue weighted by Gasteiger charge is -2.33. The molecule has 1 aliphatic heterocycles. The van der Waals surface area contributed by atoms with Crippen LogP contribution in [0.1, 0.15) is 35.2 Å². The van der Waals surface area contributed by atoms with Crippen molar-refractivity contribution in [2.45, 2.75) is 31.8 Å². The number of aliphatic hydroxyl groups excluding tert-OH is 1. The number of nitrogens with zero attached hydrogens (tertiary/aromatic N) is 1. The number of methoxy groups -OCH3 is 2. The Morgan fingerprint density at radius 3 is 2.23 bits per heavy atom. The van der Waals surface area contributed by atoms with Gasteiger partial charge in [-0.2, -0.15) is 0 Å². The zero-order valence-electron chi connectivity index (χ0n) is 17.6. The normalized spacial score (nSPS) is 19.5. The molecule has 4 rings (SSSR count). The van der Waals surface area contributed by atoms with Crippen LogP contribution in [0, 0.1) is 5.92 Å². The second-order valence-electron chi connectivity index (χ2n) is 7.79. The Hall–Kier alpha value is -2.08. The van der Waals surface area contributed by atoms with Gasteiger partial charge in [0.1, 0.15) is 0 Å². The third-order valence-electron chi connectivity index (χ3n) is 5.78. The molecule has 5 nitrogen and oxygen atoms in total. The number of hydrogen-bond donors (Lipinski definition) is 1. The summed E-state index contributed by atoms with van der Waals surface area (Å²) < 4.78 is 10.7. The van der Waals surface area contributed by atoms with E-state index >= 15 is 0 Å². The Labute approximate surface area is 183 Å². The number of benzene rings is 2. The molecule has 162 valence electrons. The lowest BCUT2D eigenvalue weighted by atomic mass is 9.82. The molecule has 0 saturated carbocycles. The van der Waals surface area contributed by atoms with Crippen LogP contribution in [0.2, 0.25) is 5.02 Å². The molecule has 1 unspecified atom stereocenters. The number of aliphatic hydroxyl groups is 1. The minimum absolute atomic E-state index is 0.0378. The van der Waals surface area contributed by atoms with Gasteiger partial charge in [0.05, 0.1) is 20.3 Å². The number of fused-ring (bicyclic) bond motifs is 1. The molecule has 2 aliphatic rings.